The Bertz CT molecular complexity index is 753. The fourth-order valence-corrected chi connectivity index (χ4v) is 2.18. The molecule has 2 aromatic rings. The molecule has 0 aliphatic rings. The smallest absolute Gasteiger partial charge is 0.422 e. The Balaban J connectivity index is 0.00000364. The SMILES string of the molecule is CN=C(NCc1cccc(F)c1)NCc1ccccc1OCC(F)(F)F.I. The number of para-hydroxylation sites is 1. The molecule has 0 radical (unpaired) electrons. The van der Waals surface area contributed by atoms with Gasteiger partial charge in [-0.25, -0.2) is 4.39 Å². The largest absolute Gasteiger partial charge is 0.484 e. The molecule has 0 aliphatic heterocycles. The van der Waals surface area contributed by atoms with Crippen molar-refractivity contribution in [3.05, 3.63) is 65.5 Å². The predicted molar refractivity (Wildman–Crippen MR) is 107 cm³/mol. The minimum Gasteiger partial charge on any atom is -0.484 e. The molecular weight excluding hydrogens is 477 g/mol. The van der Waals surface area contributed by atoms with Crippen LogP contribution < -0.4 is 15.4 Å². The Morgan fingerprint density at radius 3 is 2.41 bits per heavy atom. The van der Waals surface area contributed by atoms with Crippen LogP contribution in [0.25, 0.3) is 0 Å². The minimum atomic E-state index is -4.40. The van der Waals surface area contributed by atoms with E-state index in [1.165, 1.54) is 18.2 Å². The molecule has 4 nitrogen and oxygen atoms in total. The van der Waals surface area contributed by atoms with Gasteiger partial charge < -0.3 is 15.4 Å². The highest BCUT2D eigenvalue weighted by Gasteiger charge is 2.28. The van der Waals surface area contributed by atoms with E-state index in [-0.39, 0.29) is 42.1 Å². The van der Waals surface area contributed by atoms with Crippen LogP contribution >= 0.6 is 24.0 Å². The van der Waals surface area contributed by atoms with Gasteiger partial charge in [-0.05, 0) is 23.8 Å². The summed E-state index contributed by atoms with van der Waals surface area (Å²) in [6, 6.07) is 12.6. The van der Waals surface area contributed by atoms with Crippen LogP contribution in [0.3, 0.4) is 0 Å². The summed E-state index contributed by atoms with van der Waals surface area (Å²) in [5.74, 6) is 0.251. The van der Waals surface area contributed by atoms with Crippen LogP contribution in [0.5, 0.6) is 5.75 Å². The summed E-state index contributed by atoms with van der Waals surface area (Å²) in [6.45, 7) is -0.781. The van der Waals surface area contributed by atoms with Crippen molar-refractivity contribution in [1.29, 1.82) is 0 Å². The fourth-order valence-electron chi connectivity index (χ4n) is 2.18. The molecule has 0 fully saturated rings. The lowest BCUT2D eigenvalue weighted by Crippen LogP contribution is -2.36. The number of hydrogen-bond acceptors (Lipinski definition) is 2. The third-order valence-corrected chi connectivity index (χ3v) is 3.38. The second-order valence-corrected chi connectivity index (χ2v) is 5.42. The van der Waals surface area contributed by atoms with Crippen molar-refractivity contribution in [3.63, 3.8) is 0 Å². The third-order valence-electron chi connectivity index (χ3n) is 3.38. The summed E-state index contributed by atoms with van der Waals surface area (Å²) in [7, 11) is 1.56. The lowest BCUT2D eigenvalue weighted by Gasteiger charge is -2.15. The summed E-state index contributed by atoms with van der Waals surface area (Å²) in [6.07, 6.45) is -4.40. The monoisotopic (exact) mass is 497 g/mol. The van der Waals surface area contributed by atoms with E-state index < -0.39 is 12.8 Å². The van der Waals surface area contributed by atoms with Gasteiger partial charge in [0.15, 0.2) is 12.6 Å². The first kappa shape index (κ1) is 23.0. The van der Waals surface area contributed by atoms with Crippen LogP contribution in [0, 0.1) is 5.82 Å². The van der Waals surface area contributed by atoms with Crippen LogP contribution in [0.4, 0.5) is 17.6 Å². The number of rotatable bonds is 6. The molecule has 2 N–H and O–H groups in total. The standard InChI is InChI=1S/C18H19F4N3O.HI/c1-23-17(24-10-13-5-4-7-15(19)9-13)25-11-14-6-2-3-8-16(14)26-12-18(20,21)22;/h2-9H,10-12H2,1H3,(H2,23,24,25);1H. The normalized spacial score (nSPS) is 11.5. The number of nitrogens with one attached hydrogen (secondary N) is 2. The molecule has 0 aliphatic carbocycles. The van der Waals surface area contributed by atoms with Gasteiger partial charge in [0.25, 0.3) is 0 Å². The second-order valence-electron chi connectivity index (χ2n) is 5.42. The van der Waals surface area contributed by atoms with Crippen molar-refractivity contribution in [2.45, 2.75) is 19.3 Å². The van der Waals surface area contributed by atoms with E-state index in [1.54, 1.807) is 37.4 Å². The zero-order valence-corrected chi connectivity index (χ0v) is 16.8. The maximum atomic E-state index is 13.2. The number of nitrogens with zero attached hydrogens (tertiary/aromatic N) is 1. The average molecular weight is 497 g/mol. The Morgan fingerprint density at radius 2 is 1.74 bits per heavy atom. The molecule has 0 saturated heterocycles. The third kappa shape index (κ3) is 8.46. The topological polar surface area (TPSA) is 45.7 Å². The Morgan fingerprint density at radius 1 is 1.04 bits per heavy atom. The van der Waals surface area contributed by atoms with Crippen LogP contribution in [0.15, 0.2) is 53.5 Å². The Kier molecular flexibility index (Phi) is 9.33. The first-order valence-electron chi connectivity index (χ1n) is 7.84. The zero-order chi connectivity index (χ0) is 19.0. The minimum absolute atomic E-state index is 0. The van der Waals surface area contributed by atoms with E-state index in [4.69, 9.17) is 4.74 Å². The van der Waals surface area contributed by atoms with Gasteiger partial charge in [-0.2, -0.15) is 13.2 Å². The van der Waals surface area contributed by atoms with Crippen molar-refractivity contribution in [2.24, 2.45) is 4.99 Å². The molecule has 0 bridgehead atoms. The zero-order valence-electron chi connectivity index (χ0n) is 14.5. The molecule has 0 aromatic heterocycles. The van der Waals surface area contributed by atoms with E-state index >= 15 is 0 Å². The number of ether oxygens (including phenoxy) is 1. The Hall–Kier alpha value is -2.04. The molecular formula is C18H20F4IN3O. The summed E-state index contributed by atoms with van der Waals surface area (Å²) in [4.78, 5) is 4.04. The number of alkyl halides is 3. The highest BCUT2D eigenvalue weighted by atomic mass is 127. The first-order chi connectivity index (χ1) is 12.4. The molecule has 0 spiro atoms. The summed E-state index contributed by atoms with van der Waals surface area (Å²) >= 11 is 0. The van der Waals surface area contributed by atoms with Crippen LogP contribution in [0.2, 0.25) is 0 Å². The maximum absolute atomic E-state index is 13.2. The van der Waals surface area contributed by atoms with Gasteiger partial charge >= 0.3 is 6.18 Å². The van der Waals surface area contributed by atoms with E-state index in [1.807, 2.05) is 0 Å². The molecule has 2 aromatic carbocycles. The van der Waals surface area contributed by atoms with Crippen molar-refractivity contribution in [1.82, 2.24) is 10.6 Å². The van der Waals surface area contributed by atoms with Gasteiger partial charge in [0, 0.05) is 25.7 Å². The molecule has 148 valence electrons. The van der Waals surface area contributed by atoms with Gasteiger partial charge in [-0.3, -0.25) is 4.99 Å². The highest BCUT2D eigenvalue weighted by Crippen LogP contribution is 2.22. The molecule has 0 saturated carbocycles. The van der Waals surface area contributed by atoms with E-state index in [2.05, 4.69) is 15.6 Å². The summed E-state index contributed by atoms with van der Waals surface area (Å²) in [5.41, 5.74) is 1.30. The van der Waals surface area contributed by atoms with Gasteiger partial charge in [-0.15, -0.1) is 24.0 Å². The van der Waals surface area contributed by atoms with Crippen molar-refractivity contribution in [3.8, 4) is 5.75 Å². The molecule has 2 rings (SSSR count). The van der Waals surface area contributed by atoms with Crippen molar-refractivity contribution < 1.29 is 22.3 Å². The first-order valence-corrected chi connectivity index (χ1v) is 7.84. The summed E-state index contributed by atoms with van der Waals surface area (Å²) < 4.78 is 55.0. The molecule has 0 amide bonds. The molecule has 0 unspecified atom stereocenters. The average Bonchev–Trinajstić information content (AvgIpc) is 2.60. The number of halogens is 5. The fraction of sp³-hybridized carbons (Fsp3) is 0.278. The quantitative estimate of drug-likeness (QED) is 0.272. The number of aliphatic imine (C=N–C) groups is 1. The van der Waals surface area contributed by atoms with Gasteiger partial charge in [0.2, 0.25) is 0 Å². The molecule has 9 heteroatoms. The second kappa shape index (κ2) is 11.0. The number of guanidine groups is 1. The highest BCUT2D eigenvalue weighted by molar-refractivity contribution is 14.0. The maximum Gasteiger partial charge on any atom is 0.422 e. The number of hydrogen-bond donors (Lipinski definition) is 2. The van der Waals surface area contributed by atoms with E-state index in [0.29, 0.717) is 18.1 Å². The van der Waals surface area contributed by atoms with Crippen LogP contribution in [-0.4, -0.2) is 25.8 Å². The Labute approximate surface area is 172 Å². The lowest BCUT2D eigenvalue weighted by molar-refractivity contribution is -0.153. The van der Waals surface area contributed by atoms with Crippen molar-refractivity contribution in [2.75, 3.05) is 13.7 Å². The molecule has 0 heterocycles. The van der Waals surface area contributed by atoms with Gasteiger partial charge in [0.1, 0.15) is 11.6 Å². The van der Waals surface area contributed by atoms with E-state index in [9.17, 15) is 17.6 Å². The summed E-state index contributed by atoms with van der Waals surface area (Å²) in [5, 5.41) is 6.00. The van der Waals surface area contributed by atoms with Crippen LogP contribution in [-0.2, 0) is 13.1 Å². The van der Waals surface area contributed by atoms with E-state index in [0.717, 1.165) is 5.56 Å². The van der Waals surface area contributed by atoms with Gasteiger partial charge in [0.05, 0.1) is 0 Å². The lowest BCUT2D eigenvalue weighted by atomic mass is 10.2. The van der Waals surface area contributed by atoms with Gasteiger partial charge in [-0.1, -0.05) is 30.3 Å². The predicted octanol–water partition coefficient (Wildman–Crippen LogP) is 4.25. The number of benzene rings is 2. The van der Waals surface area contributed by atoms with Crippen molar-refractivity contribution >= 4 is 29.9 Å². The molecule has 0 atom stereocenters. The van der Waals surface area contributed by atoms with Crippen LogP contribution in [0.1, 0.15) is 11.1 Å². The molecule has 27 heavy (non-hydrogen) atoms.